The van der Waals surface area contributed by atoms with Crippen LogP contribution in [-0.4, -0.2) is 29.3 Å². The highest BCUT2D eigenvalue weighted by Crippen LogP contribution is 2.30. The van der Waals surface area contributed by atoms with Crippen LogP contribution in [0.15, 0.2) is 42.5 Å². The molecule has 0 bridgehead atoms. The minimum Gasteiger partial charge on any atom is -0.545 e. The number of aryl methyl sites for hydroxylation is 1. The van der Waals surface area contributed by atoms with Crippen molar-refractivity contribution in [1.29, 1.82) is 0 Å². The zero-order valence-electron chi connectivity index (χ0n) is 14.9. The van der Waals surface area contributed by atoms with Gasteiger partial charge in [-0.25, -0.2) is 0 Å². The van der Waals surface area contributed by atoms with Crippen LogP contribution in [0, 0.1) is 23.0 Å². The number of nitrogens with zero attached hydrogens (tertiary/aromatic N) is 2. The van der Waals surface area contributed by atoms with Crippen molar-refractivity contribution in [1.82, 2.24) is 0 Å². The highest BCUT2D eigenvalue weighted by molar-refractivity contribution is 6.03. The molecular formula is C19H16N3O6-. The lowest BCUT2D eigenvalue weighted by Gasteiger charge is -2.17. The van der Waals surface area contributed by atoms with Crippen molar-refractivity contribution in [3.63, 3.8) is 0 Å². The number of nitro benzene ring substituents is 1. The van der Waals surface area contributed by atoms with Crippen molar-refractivity contribution in [2.24, 2.45) is 5.92 Å². The first kappa shape index (κ1) is 19.0. The average Bonchev–Trinajstić information content (AvgIpc) is 3.04. The highest BCUT2D eigenvalue weighted by atomic mass is 16.6. The van der Waals surface area contributed by atoms with Crippen molar-refractivity contribution in [2.45, 2.75) is 13.3 Å². The van der Waals surface area contributed by atoms with Crippen LogP contribution in [-0.2, 0) is 9.59 Å². The normalized spacial score (nSPS) is 16.1. The second-order valence-corrected chi connectivity index (χ2v) is 6.49. The smallest absolute Gasteiger partial charge is 0.274 e. The molecule has 0 unspecified atom stereocenters. The van der Waals surface area contributed by atoms with Gasteiger partial charge in [-0.15, -0.1) is 0 Å². The zero-order chi connectivity index (χ0) is 20.4. The van der Waals surface area contributed by atoms with Crippen LogP contribution in [0.3, 0.4) is 0 Å². The Labute approximate surface area is 159 Å². The molecule has 3 rings (SSSR count). The van der Waals surface area contributed by atoms with Gasteiger partial charge in [-0.05, 0) is 30.7 Å². The van der Waals surface area contributed by atoms with Crippen LogP contribution < -0.4 is 15.3 Å². The molecule has 1 atom stereocenters. The van der Waals surface area contributed by atoms with Gasteiger partial charge < -0.3 is 20.1 Å². The molecule has 28 heavy (non-hydrogen) atoms. The zero-order valence-corrected chi connectivity index (χ0v) is 14.9. The van der Waals surface area contributed by atoms with Crippen molar-refractivity contribution in [3.05, 3.63) is 63.7 Å². The summed E-state index contributed by atoms with van der Waals surface area (Å²) in [6.07, 6.45) is -0.0232. The van der Waals surface area contributed by atoms with E-state index in [1.807, 2.05) is 0 Å². The monoisotopic (exact) mass is 382 g/mol. The maximum absolute atomic E-state index is 12.5. The first-order chi connectivity index (χ1) is 13.3. The molecule has 0 aromatic heterocycles. The molecule has 1 aliphatic rings. The quantitative estimate of drug-likeness (QED) is 0.611. The number of benzene rings is 2. The molecule has 1 saturated heterocycles. The standard InChI is InChI=1S/C19H17N3O6/c1-11-2-7-15(9-16(11)22(27)28)21-10-13(8-17(21)23)18(24)20-14-5-3-12(4-6-14)19(25)26/h2-7,9,13H,8,10H2,1H3,(H,20,24)(H,25,26)/p-1/t13-/m1/s1. The number of carbonyl (C=O) groups is 3. The van der Waals surface area contributed by atoms with Gasteiger partial charge in [-0.1, -0.05) is 18.2 Å². The summed E-state index contributed by atoms with van der Waals surface area (Å²) in [7, 11) is 0. The number of nitrogens with one attached hydrogen (secondary N) is 1. The van der Waals surface area contributed by atoms with E-state index in [2.05, 4.69) is 5.32 Å². The number of carboxylic acids is 1. The summed E-state index contributed by atoms with van der Waals surface area (Å²) in [4.78, 5) is 47.5. The Morgan fingerprint density at radius 1 is 1.18 bits per heavy atom. The van der Waals surface area contributed by atoms with Crippen LogP contribution in [0.25, 0.3) is 0 Å². The maximum Gasteiger partial charge on any atom is 0.274 e. The Morgan fingerprint density at radius 2 is 1.86 bits per heavy atom. The fourth-order valence-corrected chi connectivity index (χ4v) is 3.03. The molecule has 1 aliphatic heterocycles. The molecule has 2 amide bonds. The molecule has 144 valence electrons. The molecule has 1 fully saturated rings. The number of carboxylic acid groups (broad SMARTS) is 1. The maximum atomic E-state index is 12.5. The van der Waals surface area contributed by atoms with E-state index in [0.29, 0.717) is 16.9 Å². The minimum atomic E-state index is -1.32. The van der Waals surface area contributed by atoms with E-state index < -0.39 is 22.7 Å². The summed E-state index contributed by atoms with van der Waals surface area (Å²) < 4.78 is 0. The van der Waals surface area contributed by atoms with Gasteiger partial charge in [0.1, 0.15) is 0 Å². The van der Waals surface area contributed by atoms with Crippen molar-refractivity contribution >= 4 is 34.8 Å². The third kappa shape index (κ3) is 3.83. The van der Waals surface area contributed by atoms with Gasteiger partial charge >= 0.3 is 0 Å². The van der Waals surface area contributed by atoms with Gasteiger partial charge in [0.05, 0.1) is 22.5 Å². The Hall–Kier alpha value is -3.75. The van der Waals surface area contributed by atoms with Gasteiger partial charge in [0.15, 0.2) is 0 Å². The number of amides is 2. The molecule has 9 heteroatoms. The molecular weight excluding hydrogens is 366 g/mol. The number of anilines is 2. The molecule has 2 aromatic rings. The van der Waals surface area contributed by atoms with E-state index in [-0.39, 0.29) is 30.1 Å². The van der Waals surface area contributed by atoms with Crippen molar-refractivity contribution in [3.8, 4) is 0 Å². The Kier molecular flexibility index (Phi) is 5.08. The third-order valence-corrected chi connectivity index (χ3v) is 4.59. The predicted molar refractivity (Wildman–Crippen MR) is 97.7 cm³/mol. The van der Waals surface area contributed by atoms with Crippen LogP contribution in [0.1, 0.15) is 22.3 Å². The summed E-state index contributed by atoms with van der Waals surface area (Å²) >= 11 is 0. The van der Waals surface area contributed by atoms with Gasteiger partial charge in [-0.3, -0.25) is 19.7 Å². The summed E-state index contributed by atoms with van der Waals surface area (Å²) in [6.45, 7) is 1.71. The van der Waals surface area contributed by atoms with Crippen LogP contribution in [0.2, 0.25) is 0 Å². The summed E-state index contributed by atoms with van der Waals surface area (Å²) in [5.41, 5.74) is 1.14. The first-order valence-corrected chi connectivity index (χ1v) is 8.44. The topological polar surface area (TPSA) is 133 Å². The minimum absolute atomic E-state index is 0.0128. The Balaban J connectivity index is 1.71. The van der Waals surface area contributed by atoms with Crippen LogP contribution in [0.5, 0.6) is 0 Å². The molecule has 0 spiro atoms. The molecule has 9 nitrogen and oxygen atoms in total. The fourth-order valence-electron chi connectivity index (χ4n) is 3.03. The molecule has 0 radical (unpaired) electrons. The van der Waals surface area contributed by atoms with E-state index in [1.54, 1.807) is 19.1 Å². The lowest BCUT2D eigenvalue weighted by Crippen LogP contribution is -2.28. The predicted octanol–water partition coefficient (Wildman–Crippen LogP) is 1.26. The van der Waals surface area contributed by atoms with Gasteiger partial charge in [0.2, 0.25) is 11.8 Å². The summed E-state index contributed by atoms with van der Waals surface area (Å²) in [5.74, 6) is -2.64. The lowest BCUT2D eigenvalue weighted by molar-refractivity contribution is -0.385. The third-order valence-electron chi connectivity index (χ3n) is 4.59. The Bertz CT molecular complexity index is 970. The van der Waals surface area contributed by atoms with Crippen LogP contribution >= 0.6 is 0 Å². The first-order valence-electron chi connectivity index (χ1n) is 8.44. The molecule has 0 aliphatic carbocycles. The number of aromatic carboxylic acids is 1. The van der Waals surface area contributed by atoms with Gasteiger partial charge in [0, 0.05) is 30.3 Å². The second-order valence-electron chi connectivity index (χ2n) is 6.49. The SMILES string of the molecule is Cc1ccc(N2C[C@H](C(=O)Nc3ccc(C(=O)[O-])cc3)CC2=O)cc1[N+](=O)[O-]. The molecule has 2 aromatic carbocycles. The van der Waals surface area contributed by atoms with Crippen molar-refractivity contribution in [2.75, 3.05) is 16.8 Å². The molecule has 1 heterocycles. The fraction of sp³-hybridized carbons (Fsp3) is 0.211. The average molecular weight is 382 g/mol. The second kappa shape index (κ2) is 7.47. The number of rotatable bonds is 5. The van der Waals surface area contributed by atoms with Crippen molar-refractivity contribution < 1.29 is 24.4 Å². The van der Waals surface area contributed by atoms with E-state index in [9.17, 15) is 29.6 Å². The number of nitro groups is 1. The van der Waals surface area contributed by atoms with Crippen LogP contribution in [0.4, 0.5) is 17.1 Å². The lowest BCUT2D eigenvalue weighted by atomic mass is 10.1. The van der Waals surface area contributed by atoms with E-state index in [4.69, 9.17) is 0 Å². The number of hydrogen-bond donors (Lipinski definition) is 1. The van der Waals surface area contributed by atoms with E-state index in [0.717, 1.165) is 0 Å². The Morgan fingerprint density at radius 3 is 2.46 bits per heavy atom. The molecule has 0 saturated carbocycles. The molecule has 1 N–H and O–H groups in total. The van der Waals surface area contributed by atoms with E-state index >= 15 is 0 Å². The van der Waals surface area contributed by atoms with E-state index in [1.165, 1.54) is 35.2 Å². The van der Waals surface area contributed by atoms with Gasteiger partial charge in [-0.2, -0.15) is 0 Å². The summed E-state index contributed by atoms with van der Waals surface area (Å²) in [6, 6.07) is 9.98. The largest absolute Gasteiger partial charge is 0.545 e. The highest BCUT2D eigenvalue weighted by Gasteiger charge is 2.35. The van der Waals surface area contributed by atoms with Gasteiger partial charge in [0.25, 0.3) is 5.69 Å². The number of carbonyl (C=O) groups excluding carboxylic acids is 3. The summed E-state index contributed by atoms with van der Waals surface area (Å²) in [5, 5.41) is 24.5. The number of hydrogen-bond acceptors (Lipinski definition) is 6.